The summed E-state index contributed by atoms with van der Waals surface area (Å²) < 4.78 is 27.9. The van der Waals surface area contributed by atoms with Gasteiger partial charge in [0.2, 0.25) is 11.7 Å². The quantitative estimate of drug-likeness (QED) is 0.721. The van der Waals surface area contributed by atoms with Crippen molar-refractivity contribution in [3.8, 4) is 28.7 Å². The van der Waals surface area contributed by atoms with E-state index in [-0.39, 0.29) is 11.8 Å². The molecule has 0 spiro atoms. The Hall–Kier alpha value is -3.09. The summed E-state index contributed by atoms with van der Waals surface area (Å²) in [6.07, 6.45) is 0.297. The predicted octanol–water partition coefficient (Wildman–Crippen LogP) is 3.98. The predicted molar refractivity (Wildman–Crippen MR) is 110 cm³/mol. The van der Waals surface area contributed by atoms with E-state index in [1.165, 1.54) is 0 Å². The number of carbonyl (C=O) groups is 1. The molecule has 156 valence electrons. The van der Waals surface area contributed by atoms with Crippen molar-refractivity contribution in [1.82, 2.24) is 0 Å². The number of nitrogens with one attached hydrogen (secondary N) is 1. The molecule has 0 saturated carbocycles. The van der Waals surface area contributed by atoms with E-state index in [4.69, 9.17) is 23.7 Å². The van der Waals surface area contributed by atoms with Crippen LogP contribution in [-0.2, 0) is 4.79 Å². The lowest BCUT2D eigenvalue weighted by molar-refractivity contribution is -0.116. The first-order valence-corrected chi connectivity index (χ1v) is 9.59. The smallest absolute Gasteiger partial charge is 0.225 e. The van der Waals surface area contributed by atoms with Gasteiger partial charge in [0.05, 0.1) is 34.5 Å². The molecule has 3 rings (SSSR count). The second kappa shape index (κ2) is 8.94. The van der Waals surface area contributed by atoms with Gasteiger partial charge in [-0.05, 0) is 43.2 Å². The number of hydrogen-bond donors (Lipinski definition) is 1. The van der Waals surface area contributed by atoms with E-state index in [1.807, 2.05) is 38.1 Å². The molecule has 7 heteroatoms. The number of ether oxygens (including phenoxy) is 5. The standard InChI is InChI=1S/C22H27NO6/c1-6-28-17-10-15-14(11-21(24)23-16(15)12-18(17)29-7-2)13-8-19(25-3)22(27-5)20(9-13)26-4/h8-10,12,14H,6-7,11H2,1-5H3,(H,23,24)/t14-/m1/s1. The number of methoxy groups -OCH3 is 3. The Morgan fingerprint density at radius 3 is 1.97 bits per heavy atom. The van der Waals surface area contributed by atoms with Crippen LogP contribution in [0.4, 0.5) is 5.69 Å². The molecule has 2 aromatic rings. The van der Waals surface area contributed by atoms with E-state index in [1.54, 1.807) is 21.3 Å². The molecule has 0 unspecified atom stereocenters. The number of carbonyl (C=O) groups excluding carboxylic acids is 1. The zero-order chi connectivity index (χ0) is 21.0. The van der Waals surface area contributed by atoms with Crippen LogP contribution in [0.5, 0.6) is 28.7 Å². The number of hydrogen-bond acceptors (Lipinski definition) is 6. The molecule has 0 fully saturated rings. The minimum Gasteiger partial charge on any atom is -0.493 e. The summed E-state index contributed by atoms with van der Waals surface area (Å²) in [6.45, 7) is 4.85. The third-order valence-corrected chi connectivity index (χ3v) is 4.84. The van der Waals surface area contributed by atoms with Gasteiger partial charge in [-0.25, -0.2) is 0 Å². The molecule has 1 amide bonds. The van der Waals surface area contributed by atoms with Crippen molar-refractivity contribution >= 4 is 11.6 Å². The number of benzene rings is 2. The fraction of sp³-hybridized carbons (Fsp3) is 0.409. The number of rotatable bonds is 8. The summed E-state index contributed by atoms with van der Waals surface area (Å²) in [6, 6.07) is 7.53. The topological polar surface area (TPSA) is 75.2 Å². The Morgan fingerprint density at radius 1 is 0.862 bits per heavy atom. The van der Waals surface area contributed by atoms with E-state index in [0.717, 1.165) is 11.1 Å². The van der Waals surface area contributed by atoms with Crippen molar-refractivity contribution in [2.24, 2.45) is 0 Å². The first-order chi connectivity index (χ1) is 14.1. The monoisotopic (exact) mass is 401 g/mol. The summed E-state index contributed by atoms with van der Waals surface area (Å²) in [4.78, 5) is 12.5. The number of fused-ring (bicyclic) bond motifs is 1. The highest BCUT2D eigenvalue weighted by Gasteiger charge is 2.30. The first-order valence-electron chi connectivity index (χ1n) is 9.59. The molecule has 0 aromatic heterocycles. The highest BCUT2D eigenvalue weighted by molar-refractivity contribution is 5.96. The molecule has 1 aliphatic rings. The molecule has 0 radical (unpaired) electrons. The van der Waals surface area contributed by atoms with Crippen LogP contribution in [0.1, 0.15) is 37.3 Å². The molecule has 1 atom stereocenters. The lowest BCUT2D eigenvalue weighted by atomic mass is 9.84. The summed E-state index contributed by atoms with van der Waals surface area (Å²) in [7, 11) is 4.71. The van der Waals surface area contributed by atoms with Gasteiger partial charge in [-0.1, -0.05) is 0 Å². The summed E-state index contributed by atoms with van der Waals surface area (Å²) >= 11 is 0. The molecule has 0 bridgehead atoms. The molecule has 0 aliphatic carbocycles. The van der Waals surface area contributed by atoms with Crippen LogP contribution < -0.4 is 29.0 Å². The maximum Gasteiger partial charge on any atom is 0.225 e. The van der Waals surface area contributed by atoms with Crippen molar-refractivity contribution in [3.05, 3.63) is 35.4 Å². The van der Waals surface area contributed by atoms with Crippen LogP contribution in [0.15, 0.2) is 24.3 Å². The summed E-state index contributed by atoms with van der Waals surface area (Å²) in [5.74, 6) is 2.61. The van der Waals surface area contributed by atoms with E-state index in [0.29, 0.717) is 54.1 Å². The van der Waals surface area contributed by atoms with Crippen molar-refractivity contribution in [1.29, 1.82) is 0 Å². The van der Waals surface area contributed by atoms with Gasteiger partial charge in [-0.15, -0.1) is 0 Å². The highest BCUT2D eigenvalue weighted by Crippen LogP contribution is 2.47. The van der Waals surface area contributed by atoms with Gasteiger partial charge in [0.25, 0.3) is 0 Å². The zero-order valence-corrected chi connectivity index (χ0v) is 17.5. The van der Waals surface area contributed by atoms with Crippen molar-refractivity contribution in [3.63, 3.8) is 0 Å². The Morgan fingerprint density at radius 2 is 1.45 bits per heavy atom. The van der Waals surface area contributed by atoms with Crippen molar-refractivity contribution < 1.29 is 28.5 Å². The normalized spacial score (nSPS) is 15.2. The van der Waals surface area contributed by atoms with Gasteiger partial charge in [0.1, 0.15) is 0 Å². The van der Waals surface area contributed by atoms with Crippen molar-refractivity contribution in [2.45, 2.75) is 26.2 Å². The molecule has 7 nitrogen and oxygen atoms in total. The lowest BCUT2D eigenvalue weighted by Gasteiger charge is -2.28. The van der Waals surface area contributed by atoms with Crippen LogP contribution in [0, 0.1) is 0 Å². The number of amides is 1. The molecule has 2 aromatic carbocycles. The van der Waals surface area contributed by atoms with E-state index < -0.39 is 0 Å². The average Bonchev–Trinajstić information content (AvgIpc) is 2.73. The molecule has 1 N–H and O–H groups in total. The van der Waals surface area contributed by atoms with E-state index >= 15 is 0 Å². The van der Waals surface area contributed by atoms with Gasteiger partial charge in [0.15, 0.2) is 23.0 Å². The summed E-state index contributed by atoms with van der Waals surface area (Å²) in [5, 5.41) is 2.95. The molecule has 1 aliphatic heterocycles. The minimum absolute atomic E-state index is 0.0668. The molecule has 1 heterocycles. The second-order valence-corrected chi connectivity index (χ2v) is 6.52. The Labute approximate surface area is 170 Å². The fourth-order valence-electron chi connectivity index (χ4n) is 3.61. The van der Waals surface area contributed by atoms with Gasteiger partial charge in [0, 0.05) is 24.1 Å². The van der Waals surface area contributed by atoms with Crippen LogP contribution >= 0.6 is 0 Å². The highest BCUT2D eigenvalue weighted by atomic mass is 16.5. The van der Waals surface area contributed by atoms with Crippen LogP contribution in [0.3, 0.4) is 0 Å². The van der Waals surface area contributed by atoms with Crippen LogP contribution in [0.2, 0.25) is 0 Å². The third kappa shape index (κ3) is 4.04. The van der Waals surface area contributed by atoms with Gasteiger partial charge in [-0.2, -0.15) is 0 Å². The lowest BCUT2D eigenvalue weighted by Crippen LogP contribution is -2.24. The molecular weight excluding hydrogens is 374 g/mol. The van der Waals surface area contributed by atoms with E-state index in [2.05, 4.69) is 5.32 Å². The number of anilines is 1. The third-order valence-electron chi connectivity index (χ3n) is 4.84. The van der Waals surface area contributed by atoms with Gasteiger partial charge >= 0.3 is 0 Å². The SMILES string of the molecule is CCOc1cc2c(cc1OCC)[C@@H](c1cc(OC)c(OC)c(OC)c1)CC(=O)N2. The van der Waals surface area contributed by atoms with Crippen molar-refractivity contribution in [2.75, 3.05) is 39.9 Å². The van der Waals surface area contributed by atoms with Crippen LogP contribution in [0.25, 0.3) is 0 Å². The van der Waals surface area contributed by atoms with Gasteiger partial charge in [-0.3, -0.25) is 4.79 Å². The minimum atomic E-state index is -0.192. The largest absolute Gasteiger partial charge is 0.493 e. The van der Waals surface area contributed by atoms with E-state index in [9.17, 15) is 4.79 Å². The maximum absolute atomic E-state index is 12.5. The summed E-state index contributed by atoms with van der Waals surface area (Å²) in [5.41, 5.74) is 2.56. The zero-order valence-electron chi connectivity index (χ0n) is 17.5. The molecule has 29 heavy (non-hydrogen) atoms. The second-order valence-electron chi connectivity index (χ2n) is 6.52. The molecule has 0 saturated heterocycles. The Bertz CT molecular complexity index is 870. The van der Waals surface area contributed by atoms with Crippen LogP contribution in [-0.4, -0.2) is 40.5 Å². The Balaban J connectivity index is 2.15. The molecular formula is C22H27NO6. The maximum atomic E-state index is 12.5. The fourth-order valence-corrected chi connectivity index (χ4v) is 3.61. The van der Waals surface area contributed by atoms with Gasteiger partial charge < -0.3 is 29.0 Å². The first kappa shape index (κ1) is 20.6. The average molecular weight is 401 g/mol. The Kier molecular flexibility index (Phi) is 6.36.